The van der Waals surface area contributed by atoms with E-state index in [9.17, 15) is 0 Å². The van der Waals surface area contributed by atoms with Crippen LogP contribution in [-0.2, 0) is 0 Å². The van der Waals surface area contributed by atoms with Crippen LogP contribution in [0, 0.1) is 0 Å². The minimum atomic E-state index is 0.340. The predicted octanol–water partition coefficient (Wildman–Crippen LogP) is 4.47. The van der Waals surface area contributed by atoms with Gasteiger partial charge in [-0.15, -0.1) is 0 Å². The van der Waals surface area contributed by atoms with Gasteiger partial charge in [0.25, 0.3) is 0 Å². The maximum absolute atomic E-state index is 6.19. The van der Waals surface area contributed by atoms with Crippen LogP contribution in [0.1, 0.15) is 64.0 Å². The third kappa shape index (κ3) is 4.37. The van der Waals surface area contributed by atoms with E-state index in [1.165, 1.54) is 31.2 Å². The molecule has 1 N–H and O–H groups in total. The standard InChI is InChI=1S/C18H29NO2/c1-4-6-7-8-9-15-13-17(19-5-2)16-12-14(20-3)10-11-18(16)21-15/h10-12,15,17,19H,4-9,13H2,1-3H3. The summed E-state index contributed by atoms with van der Waals surface area (Å²) in [4.78, 5) is 0. The molecular formula is C18H29NO2. The van der Waals surface area contributed by atoms with Crippen molar-refractivity contribution in [3.8, 4) is 11.5 Å². The number of unbranched alkanes of at least 4 members (excludes halogenated alkanes) is 3. The van der Waals surface area contributed by atoms with Crippen molar-refractivity contribution in [2.75, 3.05) is 13.7 Å². The van der Waals surface area contributed by atoms with E-state index >= 15 is 0 Å². The number of rotatable bonds is 8. The number of hydrogen-bond acceptors (Lipinski definition) is 3. The van der Waals surface area contributed by atoms with Crippen molar-refractivity contribution in [3.05, 3.63) is 23.8 Å². The van der Waals surface area contributed by atoms with Gasteiger partial charge in [-0.2, -0.15) is 0 Å². The summed E-state index contributed by atoms with van der Waals surface area (Å²) in [5.74, 6) is 1.93. The Labute approximate surface area is 129 Å². The van der Waals surface area contributed by atoms with Gasteiger partial charge in [-0.1, -0.05) is 33.1 Å². The first-order valence-corrected chi connectivity index (χ1v) is 8.36. The molecule has 1 aromatic rings. The number of methoxy groups -OCH3 is 1. The molecule has 3 heteroatoms. The zero-order valence-electron chi connectivity index (χ0n) is 13.7. The molecule has 2 unspecified atom stereocenters. The largest absolute Gasteiger partial charge is 0.497 e. The molecule has 0 aliphatic carbocycles. The molecule has 0 aromatic heterocycles. The van der Waals surface area contributed by atoms with Crippen molar-refractivity contribution in [1.82, 2.24) is 5.32 Å². The zero-order chi connectivity index (χ0) is 15.1. The van der Waals surface area contributed by atoms with Crippen LogP contribution in [0.5, 0.6) is 11.5 Å². The van der Waals surface area contributed by atoms with Crippen LogP contribution in [0.15, 0.2) is 18.2 Å². The Morgan fingerprint density at radius 1 is 1.24 bits per heavy atom. The van der Waals surface area contributed by atoms with Crippen molar-refractivity contribution < 1.29 is 9.47 Å². The highest BCUT2D eigenvalue weighted by Gasteiger charge is 2.27. The van der Waals surface area contributed by atoms with Gasteiger partial charge in [0, 0.05) is 18.0 Å². The van der Waals surface area contributed by atoms with Gasteiger partial charge in [0.2, 0.25) is 0 Å². The average molecular weight is 291 g/mol. The lowest BCUT2D eigenvalue weighted by molar-refractivity contribution is 0.138. The summed E-state index contributed by atoms with van der Waals surface area (Å²) in [6, 6.07) is 6.53. The first kappa shape index (κ1) is 16.2. The second-order valence-electron chi connectivity index (χ2n) is 5.84. The summed E-state index contributed by atoms with van der Waals surface area (Å²) in [7, 11) is 1.71. The van der Waals surface area contributed by atoms with Crippen molar-refractivity contribution >= 4 is 0 Å². The Bertz CT molecular complexity index is 433. The van der Waals surface area contributed by atoms with Gasteiger partial charge < -0.3 is 14.8 Å². The maximum Gasteiger partial charge on any atom is 0.124 e. The highest BCUT2D eigenvalue weighted by molar-refractivity contribution is 5.43. The Balaban J connectivity index is 2.04. The number of ether oxygens (including phenoxy) is 2. The van der Waals surface area contributed by atoms with Crippen molar-refractivity contribution in [1.29, 1.82) is 0 Å². The molecule has 3 nitrogen and oxygen atoms in total. The second kappa shape index (κ2) is 8.28. The van der Waals surface area contributed by atoms with E-state index in [2.05, 4.69) is 31.3 Å². The van der Waals surface area contributed by atoms with E-state index < -0.39 is 0 Å². The number of hydrogen-bond donors (Lipinski definition) is 1. The Morgan fingerprint density at radius 3 is 2.81 bits per heavy atom. The molecule has 21 heavy (non-hydrogen) atoms. The van der Waals surface area contributed by atoms with E-state index in [4.69, 9.17) is 9.47 Å². The van der Waals surface area contributed by atoms with Gasteiger partial charge >= 0.3 is 0 Å². The van der Waals surface area contributed by atoms with E-state index in [-0.39, 0.29) is 0 Å². The third-order valence-electron chi connectivity index (χ3n) is 4.21. The van der Waals surface area contributed by atoms with Gasteiger partial charge in [0.05, 0.1) is 7.11 Å². The lowest BCUT2D eigenvalue weighted by atomic mass is 9.93. The minimum Gasteiger partial charge on any atom is -0.497 e. The topological polar surface area (TPSA) is 30.5 Å². The van der Waals surface area contributed by atoms with Gasteiger partial charge in [-0.3, -0.25) is 0 Å². The van der Waals surface area contributed by atoms with Gasteiger partial charge in [0.1, 0.15) is 17.6 Å². The van der Waals surface area contributed by atoms with Gasteiger partial charge in [-0.25, -0.2) is 0 Å². The average Bonchev–Trinajstić information content (AvgIpc) is 2.51. The molecule has 0 fully saturated rings. The van der Waals surface area contributed by atoms with Crippen LogP contribution in [0.3, 0.4) is 0 Å². The molecule has 0 amide bonds. The van der Waals surface area contributed by atoms with Gasteiger partial charge in [-0.05, 0) is 37.6 Å². The Hall–Kier alpha value is -1.22. The first-order chi connectivity index (χ1) is 10.3. The molecule has 1 aliphatic rings. The molecule has 0 radical (unpaired) electrons. The highest BCUT2D eigenvalue weighted by atomic mass is 16.5. The molecule has 1 aromatic carbocycles. The fourth-order valence-electron chi connectivity index (χ4n) is 3.07. The summed E-state index contributed by atoms with van der Waals surface area (Å²) in [5.41, 5.74) is 1.24. The predicted molar refractivity (Wildman–Crippen MR) is 87.2 cm³/mol. The van der Waals surface area contributed by atoms with Crippen LogP contribution < -0.4 is 14.8 Å². The van der Waals surface area contributed by atoms with Crippen LogP contribution in [-0.4, -0.2) is 19.8 Å². The van der Waals surface area contributed by atoms with Crippen LogP contribution in [0.4, 0.5) is 0 Å². The SMILES string of the molecule is CCCCCCC1CC(NCC)c2cc(OC)ccc2O1. The van der Waals surface area contributed by atoms with E-state index in [0.717, 1.165) is 30.9 Å². The first-order valence-electron chi connectivity index (χ1n) is 8.36. The molecular weight excluding hydrogens is 262 g/mol. The zero-order valence-corrected chi connectivity index (χ0v) is 13.7. The quantitative estimate of drug-likeness (QED) is 0.717. The summed E-state index contributed by atoms with van der Waals surface area (Å²) in [5, 5.41) is 3.59. The van der Waals surface area contributed by atoms with E-state index in [1.54, 1.807) is 7.11 Å². The van der Waals surface area contributed by atoms with Crippen molar-refractivity contribution in [2.45, 2.75) is 64.5 Å². The lowest BCUT2D eigenvalue weighted by Gasteiger charge is -2.33. The molecule has 0 bridgehead atoms. The number of benzene rings is 1. The fourth-order valence-corrected chi connectivity index (χ4v) is 3.07. The van der Waals surface area contributed by atoms with Gasteiger partial charge in [0.15, 0.2) is 0 Å². The normalized spacial score (nSPS) is 20.7. The Morgan fingerprint density at radius 2 is 2.10 bits per heavy atom. The molecule has 0 spiro atoms. The maximum atomic E-state index is 6.19. The van der Waals surface area contributed by atoms with E-state index in [0.29, 0.717) is 12.1 Å². The number of nitrogens with one attached hydrogen (secondary N) is 1. The molecule has 0 saturated carbocycles. The highest BCUT2D eigenvalue weighted by Crippen LogP contribution is 2.38. The smallest absolute Gasteiger partial charge is 0.124 e. The summed E-state index contributed by atoms with van der Waals surface area (Å²) >= 11 is 0. The van der Waals surface area contributed by atoms with E-state index in [1.807, 2.05) is 6.07 Å². The Kier molecular flexibility index (Phi) is 6.37. The van der Waals surface area contributed by atoms with Crippen LogP contribution in [0.2, 0.25) is 0 Å². The molecule has 118 valence electrons. The molecule has 1 aliphatic heterocycles. The van der Waals surface area contributed by atoms with Crippen LogP contribution in [0.25, 0.3) is 0 Å². The molecule has 0 saturated heterocycles. The summed E-state index contributed by atoms with van der Waals surface area (Å²) in [6.07, 6.45) is 7.76. The van der Waals surface area contributed by atoms with Crippen LogP contribution >= 0.6 is 0 Å². The summed E-state index contributed by atoms with van der Waals surface area (Å²) in [6.45, 7) is 5.39. The van der Waals surface area contributed by atoms with Crippen molar-refractivity contribution in [2.24, 2.45) is 0 Å². The summed E-state index contributed by atoms with van der Waals surface area (Å²) < 4.78 is 11.5. The molecule has 2 atom stereocenters. The monoisotopic (exact) mass is 291 g/mol. The second-order valence-corrected chi connectivity index (χ2v) is 5.84. The molecule has 1 heterocycles. The number of fused-ring (bicyclic) bond motifs is 1. The minimum absolute atomic E-state index is 0.340. The fraction of sp³-hybridized carbons (Fsp3) is 0.667. The third-order valence-corrected chi connectivity index (χ3v) is 4.21. The molecule has 2 rings (SSSR count). The van der Waals surface area contributed by atoms with Crippen molar-refractivity contribution in [3.63, 3.8) is 0 Å². The lowest BCUT2D eigenvalue weighted by Crippen LogP contribution is -2.33.